The van der Waals surface area contributed by atoms with Gasteiger partial charge in [0.05, 0.1) is 48.3 Å². The molecular weight excluding hydrogens is 501 g/mol. The van der Waals surface area contributed by atoms with Crippen LogP contribution in [0.2, 0.25) is 10.0 Å². The number of nitrogens with zero attached hydrogens (tertiary/aromatic N) is 4. The van der Waals surface area contributed by atoms with E-state index in [1.807, 2.05) is 24.3 Å². The summed E-state index contributed by atoms with van der Waals surface area (Å²) in [6.45, 7) is 3.66. The summed E-state index contributed by atoms with van der Waals surface area (Å²) in [5.41, 5.74) is 3.37. The van der Waals surface area contributed by atoms with Crippen LogP contribution in [0.15, 0.2) is 42.5 Å². The minimum absolute atomic E-state index is 0.262. The number of methoxy groups -OCH3 is 1. The lowest BCUT2D eigenvalue weighted by molar-refractivity contribution is 0.122. The Balaban J connectivity index is 1.44. The molecule has 1 fully saturated rings. The highest BCUT2D eigenvalue weighted by Crippen LogP contribution is 2.32. The molecular formula is C26H27Cl2N5O3. The van der Waals surface area contributed by atoms with Crippen molar-refractivity contribution in [2.75, 3.05) is 50.2 Å². The lowest BCUT2D eigenvalue weighted by Crippen LogP contribution is -2.42. The lowest BCUT2D eigenvalue weighted by atomic mass is 10.0. The molecule has 0 bridgehead atoms. The van der Waals surface area contributed by atoms with E-state index in [0.717, 1.165) is 47.3 Å². The number of halogens is 2. The molecule has 0 saturated carbocycles. The summed E-state index contributed by atoms with van der Waals surface area (Å²) in [5, 5.41) is 3.66. The van der Waals surface area contributed by atoms with Crippen molar-refractivity contribution in [1.29, 1.82) is 0 Å². The van der Waals surface area contributed by atoms with Crippen LogP contribution in [0.4, 0.5) is 16.3 Å². The number of benzene rings is 2. The number of hydrogen-bond acceptors (Lipinski definition) is 6. The number of nitrogens with one attached hydrogen (secondary N) is 1. The maximum Gasteiger partial charge on any atom is 0.322 e. The van der Waals surface area contributed by atoms with Gasteiger partial charge in [0.15, 0.2) is 0 Å². The average molecular weight is 528 g/mol. The van der Waals surface area contributed by atoms with Crippen LogP contribution in [0.25, 0.3) is 0 Å². The van der Waals surface area contributed by atoms with E-state index in [1.54, 1.807) is 30.2 Å². The summed E-state index contributed by atoms with van der Waals surface area (Å²) in [5.74, 6) is 2.41. The van der Waals surface area contributed by atoms with Crippen LogP contribution in [0.1, 0.15) is 22.6 Å². The van der Waals surface area contributed by atoms with Gasteiger partial charge in [-0.25, -0.2) is 14.8 Å². The van der Waals surface area contributed by atoms with Crippen LogP contribution in [-0.4, -0.2) is 60.9 Å². The first-order chi connectivity index (χ1) is 17.5. The number of carbonyl (C=O) groups excluding carboxylic acids is 1. The van der Waals surface area contributed by atoms with E-state index in [0.29, 0.717) is 54.9 Å². The topological polar surface area (TPSA) is 79.8 Å². The maximum absolute atomic E-state index is 13.2. The minimum atomic E-state index is -0.262. The number of para-hydroxylation sites is 2. The van der Waals surface area contributed by atoms with Crippen molar-refractivity contribution < 1.29 is 14.3 Å². The molecule has 2 aromatic carbocycles. The molecule has 0 aliphatic carbocycles. The van der Waals surface area contributed by atoms with Crippen molar-refractivity contribution in [2.45, 2.75) is 19.4 Å². The van der Waals surface area contributed by atoms with Gasteiger partial charge in [-0.3, -0.25) is 0 Å². The molecule has 3 heterocycles. The molecule has 188 valence electrons. The van der Waals surface area contributed by atoms with Crippen molar-refractivity contribution in [3.63, 3.8) is 0 Å². The molecule has 2 aliphatic heterocycles. The quantitative estimate of drug-likeness (QED) is 0.512. The molecule has 1 aromatic heterocycles. The number of carbonyl (C=O) groups is 1. The van der Waals surface area contributed by atoms with Crippen molar-refractivity contribution in [2.24, 2.45) is 0 Å². The summed E-state index contributed by atoms with van der Waals surface area (Å²) in [4.78, 5) is 27.0. The summed E-state index contributed by atoms with van der Waals surface area (Å²) in [6.07, 6.45) is 1.18. The van der Waals surface area contributed by atoms with Gasteiger partial charge < -0.3 is 24.6 Å². The Kier molecular flexibility index (Phi) is 7.46. The minimum Gasteiger partial charge on any atom is -0.496 e. The number of rotatable bonds is 5. The summed E-state index contributed by atoms with van der Waals surface area (Å²) in [6, 6.07) is 12.8. The Hall–Kier alpha value is -3.07. The molecule has 8 nitrogen and oxygen atoms in total. The highest BCUT2D eigenvalue weighted by atomic mass is 35.5. The van der Waals surface area contributed by atoms with E-state index >= 15 is 0 Å². The molecule has 2 amide bonds. The number of urea groups is 1. The van der Waals surface area contributed by atoms with Gasteiger partial charge in [0.25, 0.3) is 0 Å². The summed E-state index contributed by atoms with van der Waals surface area (Å²) in [7, 11) is 1.67. The van der Waals surface area contributed by atoms with Crippen LogP contribution in [0.3, 0.4) is 0 Å². The summed E-state index contributed by atoms with van der Waals surface area (Å²) >= 11 is 12.5. The number of aromatic nitrogens is 2. The number of ether oxygens (including phenoxy) is 2. The smallest absolute Gasteiger partial charge is 0.322 e. The third-order valence-electron chi connectivity index (χ3n) is 6.42. The van der Waals surface area contributed by atoms with Gasteiger partial charge in [-0.1, -0.05) is 47.5 Å². The van der Waals surface area contributed by atoms with Crippen molar-refractivity contribution in [3.05, 3.63) is 75.2 Å². The number of anilines is 2. The normalized spacial score (nSPS) is 15.4. The zero-order valence-corrected chi connectivity index (χ0v) is 21.5. The van der Waals surface area contributed by atoms with Gasteiger partial charge in [0.1, 0.15) is 17.4 Å². The van der Waals surface area contributed by atoms with Crippen molar-refractivity contribution in [1.82, 2.24) is 14.9 Å². The highest BCUT2D eigenvalue weighted by Gasteiger charge is 2.29. The van der Waals surface area contributed by atoms with Gasteiger partial charge >= 0.3 is 6.03 Å². The largest absolute Gasteiger partial charge is 0.496 e. The van der Waals surface area contributed by atoms with Crippen molar-refractivity contribution >= 4 is 40.7 Å². The molecule has 0 spiro atoms. The monoisotopic (exact) mass is 527 g/mol. The predicted octanol–water partition coefficient (Wildman–Crippen LogP) is 4.81. The molecule has 1 N–H and O–H groups in total. The van der Waals surface area contributed by atoms with E-state index in [9.17, 15) is 4.79 Å². The van der Waals surface area contributed by atoms with Gasteiger partial charge in [-0.2, -0.15) is 0 Å². The molecule has 0 unspecified atom stereocenters. The molecule has 5 rings (SSSR count). The lowest BCUT2D eigenvalue weighted by Gasteiger charge is -2.34. The average Bonchev–Trinajstić information content (AvgIpc) is 2.91. The molecule has 10 heteroatoms. The highest BCUT2D eigenvalue weighted by molar-refractivity contribution is 6.39. The Morgan fingerprint density at radius 2 is 1.81 bits per heavy atom. The van der Waals surface area contributed by atoms with Crippen molar-refractivity contribution in [3.8, 4) is 5.75 Å². The Morgan fingerprint density at radius 3 is 2.56 bits per heavy atom. The number of morpholine rings is 1. The van der Waals surface area contributed by atoms with Crippen LogP contribution in [0.5, 0.6) is 5.75 Å². The van der Waals surface area contributed by atoms with E-state index in [2.05, 4.69) is 10.2 Å². The SMILES string of the molecule is COc1ccccc1Cc1nc2c(c(N3CCOCC3)n1)CN(C(=O)Nc1c(Cl)cccc1Cl)CC2. The van der Waals surface area contributed by atoms with Gasteiger partial charge in [0, 0.05) is 43.6 Å². The molecule has 1 saturated heterocycles. The summed E-state index contributed by atoms with van der Waals surface area (Å²) < 4.78 is 11.1. The molecule has 2 aliphatic rings. The molecule has 36 heavy (non-hydrogen) atoms. The molecule has 0 radical (unpaired) electrons. The second kappa shape index (κ2) is 10.9. The second-order valence-electron chi connectivity index (χ2n) is 8.68. The predicted molar refractivity (Wildman–Crippen MR) is 140 cm³/mol. The number of amides is 2. The first kappa shape index (κ1) is 24.6. The Morgan fingerprint density at radius 1 is 1.06 bits per heavy atom. The van der Waals surface area contributed by atoms with Crippen LogP contribution in [0, 0.1) is 0 Å². The van der Waals surface area contributed by atoms with Crippen LogP contribution < -0.4 is 15.0 Å². The first-order valence-electron chi connectivity index (χ1n) is 11.9. The van der Waals surface area contributed by atoms with Crippen LogP contribution >= 0.6 is 23.2 Å². The fourth-order valence-electron chi connectivity index (χ4n) is 4.56. The Bertz CT molecular complexity index is 1250. The standard InChI is InChI=1S/C26H27Cl2N5O3/c1-35-22-8-3-2-5-17(22)15-23-29-21-9-10-33(26(34)31-24-19(27)6-4-7-20(24)28)16-18(21)25(30-23)32-11-13-36-14-12-32/h2-8H,9-16H2,1H3,(H,31,34). The number of fused-ring (bicyclic) bond motifs is 1. The third-order valence-corrected chi connectivity index (χ3v) is 7.05. The van der Waals surface area contributed by atoms with E-state index < -0.39 is 0 Å². The first-order valence-corrected chi connectivity index (χ1v) is 12.6. The fourth-order valence-corrected chi connectivity index (χ4v) is 5.05. The van der Waals surface area contributed by atoms with Crippen LogP contribution in [-0.2, 0) is 24.1 Å². The fraction of sp³-hybridized carbons (Fsp3) is 0.346. The van der Waals surface area contributed by atoms with Gasteiger partial charge in [-0.15, -0.1) is 0 Å². The van der Waals surface area contributed by atoms with Gasteiger partial charge in [-0.05, 0) is 18.2 Å². The zero-order chi connectivity index (χ0) is 25.1. The maximum atomic E-state index is 13.2. The number of hydrogen-bond donors (Lipinski definition) is 1. The van der Waals surface area contributed by atoms with E-state index in [4.69, 9.17) is 42.6 Å². The molecule has 0 atom stereocenters. The second-order valence-corrected chi connectivity index (χ2v) is 9.49. The third kappa shape index (κ3) is 5.21. The van der Waals surface area contributed by atoms with E-state index in [-0.39, 0.29) is 6.03 Å². The zero-order valence-electron chi connectivity index (χ0n) is 20.0. The molecule has 3 aromatic rings. The Labute approximate surface area is 220 Å². The van der Waals surface area contributed by atoms with E-state index in [1.165, 1.54) is 0 Å². The van der Waals surface area contributed by atoms with Gasteiger partial charge in [0.2, 0.25) is 0 Å².